The van der Waals surface area contributed by atoms with E-state index in [9.17, 15) is 4.79 Å². The Morgan fingerprint density at radius 3 is 2.64 bits per heavy atom. The maximum absolute atomic E-state index is 11.7. The highest BCUT2D eigenvalue weighted by molar-refractivity contribution is 5.77. The van der Waals surface area contributed by atoms with Crippen LogP contribution in [0.15, 0.2) is 0 Å². The maximum Gasteiger partial charge on any atom is 0.326 e. The van der Waals surface area contributed by atoms with E-state index in [1.807, 2.05) is 27.7 Å². The molecule has 1 aliphatic heterocycles. The second kappa shape index (κ2) is 4.28. The predicted octanol–water partition coefficient (Wildman–Crippen LogP) is 0.705. The zero-order chi connectivity index (χ0) is 10.8. The highest BCUT2D eigenvalue weighted by atomic mass is 16.6. The van der Waals surface area contributed by atoms with Crippen molar-refractivity contribution in [3.63, 3.8) is 0 Å². The minimum Gasteiger partial charge on any atom is -0.459 e. The van der Waals surface area contributed by atoms with Crippen molar-refractivity contribution < 1.29 is 14.3 Å². The van der Waals surface area contributed by atoms with Crippen LogP contribution in [0, 0.1) is 0 Å². The van der Waals surface area contributed by atoms with Crippen molar-refractivity contribution in [3.8, 4) is 0 Å². The van der Waals surface area contributed by atoms with Gasteiger partial charge in [0.05, 0.1) is 12.7 Å². The van der Waals surface area contributed by atoms with Gasteiger partial charge < -0.3 is 9.47 Å². The number of rotatable bonds is 1. The van der Waals surface area contributed by atoms with Crippen LogP contribution in [-0.2, 0) is 14.3 Å². The van der Waals surface area contributed by atoms with Gasteiger partial charge in [0, 0.05) is 6.54 Å². The quantitative estimate of drug-likeness (QED) is 0.635. The molecular formula is C10H19NO3. The second-order valence-electron chi connectivity index (χ2n) is 4.54. The summed E-state index contributed by atoms with van der Waals surface area (Å²) in [4.78, 5) is 11.7. The fourth-order valence-corrected chi connectivity index (χ4v) is 1.36. The van der Waals surface area contributed by atoms with Gasteiger partial charge in [-0.3, -0.25) is 10.1 Å². The Morgan fingerprint density at radius 1 is 1.50 bits per heavy atom. The zero-order valence-electron chi connectivity index (χ0n) is 9.29. The summed E-state index contributed by atoms with van der Waals surface area (Å²) in [6.45, 7) is 8.81. The summed E-state index contributed by atoms with van der Waals surface area (Å²) < 4.78 is 10.6. The standard InChI is InChI=1S/C10H19NO3/c1-7-8(11-5-6-13-7)9(12)14-10(2,3)4/h7-8,11H,5-6H2,1-4H3/t7-,8+/m0/s1. The molecule has 2 atom stereocenters. The molecule has 14 heavy (non-hydrogen) atoms. The number of morpholine rings is 1. The Labute approximate surface area is 85.0 Å². The minimum atomic E-state index is -0.435. The van der Waals surface area contributed by atoms with Crippen LogP contribution in [-0.4, -0.2) is 36.9 Å². The van der Waals surface area contributed by atoms with Crippen LogP contribution in [0.25, 0.3) is 0 Å². The van der Waals surface area contributed by atoms with Gasteiger partial charge in [-0.1, -0.05) is 0 Å². The van der Waals surface area contributed by atoms with E-state index in [1.165, 1.54) is 0 Å². The molecule has 4 nitrogen and oxygen atoms in total. The summed E-state index contributed by atoms with van der Waals surface area (Å²) in [6, 6.07) is -0.331. The summed E-state index contributed by atoms with van der Waals surface area (Å²) in [5.41, 5.74) is -0.435. The first-order valence-corrected chi connectivity index (χ1v) is 4.98. The average molecular weight is 201 g/mol. The van der Waals surface area contributed by atoms with E-state index < -0.39 is 5.60 Å². The van der Waals surface area contributed by atoms with Gasteiger partial charge in [0.2, 0.25) is 0 Å². The van der Waals surface area contributed by atoms with Gasteiger partial charge >= 0.3 is 5.97 Å². The Morgan fingerprint density at radius 2 is 2.14 bits per heavy atom. The average Bonchev–Trinajstić information content (AvgIpc) is 2.01. The number of nitrogens with one attached hydrogen (secondary N) is 1. The Balaban J connectivity index is 2.50. The third-order valence-corrected chi connectivity index (χ3v) is 1.98. The maximum atomic E-state index is 11.7. The first-order chi connectivity index (χ1) is 6.40. The number of carbonyl (C=O) groups is 1. The van der Waals surface area contributed by atoms with Crippen LogP contribution in [0.5, 0.6) is 0 Å². The van der Waals surface area contributed by atoms with E-state index in [2.05, 4.69) is 5.32 Å². The summed E-state index contributed by atoms with van der Waals surface area (Å²) in [5, 5.41) is 3.09. The van der Waals surface area contributed by atoms with Crippen LogP contribution >= 0.6 is 0 Å². The molecule has 1 aliphatic rings. The summed E-state index contributed by atoms with van der Waals surface area (Å²) >= 11 is 0. The van der Waals surface area contributed by atoms with Gasteiger partial charge in [-0.25, -0.2) is 0 Å². The lowest BCUT2D eigenvalue weighted by molar-refractivity contribution is -0.163. The molecule has 0 aromatic heterocycles. The number of esters is 1. The van der Waals surface area contributed by atoms with Crippen LogP contribution in [0.4, 0.5) is 0 Å². The topological polar surface area (TPSA) is 47.6 Å². The molecule has 0 saturated carbocycles. The van der Waals surface area contributed by atoms with Gasteiger partial charge in [-0.05, 0) is 27.7 Å². The predicted molar refractivity (Wildman–Crippen MR) is 53.0 cm³/mol. The molecule has 4 heteroatoms. The molecule has 0 aromatic carbocycles. The first kappa shape index (κ1) is 11.5. The molecule has 82 valence electrons. The van der Waals surface area contributed by atoms with Crippen molar-refractivity contribution in [1.82, 2.24) is 5.32 Å². The van der Waals surface area contributed by atoms with E-state index >= 15 is 0 Å². The highest BCUT2D eigenvalue weighted by Crippen LogP contribution is 2.12. The Bertz CT molecular complexity index is 210. The Hall–Kier alpha value is -0.610. The number of carbonyl (C=O) groups excluding carboxylic acids is 1. The van der Waals surface area contributed by atoms with Crippen molar-refractivity contribution >= 4 is 5.97 Å². The van der Waals surface area contributed by atoms with E-state index in [0.29, 0.717) is 13.2 Å². The van der Waals surface area contributed by atoms with Gasteiger partial charge in [0.15, 0.2) is 0 Å². The SMILES string of the molecule is C[C@@H]1OCCN[C@H]1C(=O)OC(C)(C)C. The highest BCUT2D eigenvalue weighted by Gasteiger charge is 2.31. The van der Waals surface area contributed by atoms with Crippen LogP contribution in [0.2, 0.25) is 0 Å². The molecule has 1 saturated heterocycles. The number of ether oxygens (including phenoxy) is 2. The lowest BCUT2D eigenvalue weighted by Crippen LogP contribution is -2.53. The summed E-state index contributed by atoms with van der Waals surface area (Å²) in [5.74, 6) is -0.232. The van der Waals surface area contributed by atoms with Crippen LogP contribution < -0.4 is 5.32 Å². The third kappa shape index (κ3) is 3.27. The van der Waals surface area contributed by atoms with Crippen molar-refractivity contribution in [2.24, 2.45) is 0 Å². The molecule has 1 fully saturated rings. The number of hydrogen-bond acceptors (Lipinski definition) is 4. The normalized spacial score (nSPS) is 28.6. The van der Waals surface area contributed by atoms with Gasteiger partial charge in [0.25, 0.3) is 0 Å². The van der Waals surface area contributed by atoms with Crippen molar-refractivity contribution in [2.75, 3.05) is 13.2 Å². The van der Waals surface area contributed by atoms with Crippen LogP contribution in [0.3, 0.4) is 0 Å². The fourth-order valence-electron chi connectivity index (χ4n) is 1.36. The molecule has 0 bridgehead atoms. The van der Waals surface area contributed by atoms with Crippen molar-refractivity contribution in [2.45, 2.75) is 45.4 Å². The van der Waals surface area contributed by atoms with Gasteiger partial charge in [-0.15, -0.1) is 0 Å². The molecule has 0 spiro atoms. The van der Waals surface area contributed by atoms with E-state index in [4.69, 9.17) is 9.47 Å². The Kier molecular flexibility index (Phi) is 3.50. The molecule has 0 unspecified atom stereocenters. The first-order valence-electron chi connectivity index (χ1n) is 4.98. The summed E-state index contributed by atoms with van der Waals surface area (Å²) in [7, 11) is 0. The molecular weight excluding hydrogens is 182 g/mol. The molecule has 1 rings (SSSR count). The van der Waals surface area contributed by atoms with Gasteiger partial charge in [-0.2, -0.15) is 0 Å². The molecule has 0 amide bonds. The number of hydrogen-bond donors (Lipinski definition) is 1. The molecule has 0 aliphatic carbocycles. The minimum absolute atomic E-state index is 0.112. The molecule has 0 aromatic rings. The monoisotopic (exact) mass is 201 g/mol. The van der Waals surface area contributed by atoms with Gasteiger partial charge in [0.1, 0.15) is 11.6 Å². The second-order valence-corrected chi connectivity index (χ2v) is 4.54. The lowest BCUT2D eigenvalue weighted by atomic mass is 10.1. The third-order valence-electron chi connectivity index (χ3n) is 1.98. The van der Waals surface area contributed by atoms with E-state index in [1.54, 1.807) is 0 Å². The largest absolute Gasteiger partial charge is 0.459 e. The summed E-state index contributed by atoms with van der Waals surface area (Å²) in [6.07, 6.45) is -0.112. The fraction of sp³-hybridized carbons (Fsp3) is 0.900. The van der Waals surface area contributed by atoms with Crippen molar-refractivity contribution in [1.29, 1.82) is 0 Å². The van der Waals surface area contributed by atoms with Crippen LogP contribution in [0.1, 0.15) is 27.7 Å². The lowest BCUT2D eigenvalue weighted by Gasteiger charge is -2.31. The van der Waals surface area contributed by atoms with Crippen molar-refractivity contribution in [3.05, 3.63) is 0 Å². The molecule has 1 heterocycles. The van der Waals surface area contributed by atoms with E-state index in [-0.39, 0.29) is 18.1 Å². The van der Waals surface area contributed by atoms with E-state index in [0.717, 1.165) is 0 Å². The molecule has 1 N–H and O–H groups in total. The smallest absolute Gasteiger partial charge is 0.326 e. The molecule has 0 radical (unpaired) electrons. The zero-order valence-corrected chi connectivity index (χ0v) is 9.29.